The zero-order valence-electron chi connectivity index (χ0n) is 21.3. The van der Waals surface area contributed by atoms with Crippen molar-refractivity contribution in [2.45, 2.75) is 40.7 Å². The summed E-state index contributed by atoms with van der Waals surface area (Å²) in [5.41, 5.74) is 3.58. The number of nitrogens with one attached hydrogen (secondary N) is 2. The van der Waals surface area contributed by atoms with Gasteiger partial charge in [-0.3, -0.25) is 10.1 Å². The van der Waals surface area contributed by atoms with Gasteiger partial charge in [-0.2, -0.15) is 0 Å². The topological polar surface area (TPSA) is 115 Å². The first kappa shape index (κ1) is 26.0. The minimum absolute atomic E-state index is 0.000643. The first-order chi connectivity index (χ1) is 17.9. The van der Waals surface area contributed by atoms with Crippen LogP contribution in [0.5, 0.6) is 0 Å². The number of esters is 1. The molecule has 0 aliphatic rings. The van der Waals surface area contributed by atoms with Gasteiger partial charge in [0.15, 0.2) is 0 Å². The molecular weight excluding hydrogens is 490 g/mol. The summed E-state index contributed by atoms with van der Waals surface area (Å²) in [6, 6.07) is 7.00. The molecule has 0 fully saturated rings. The predicted octanol–water partition coefficient (Wildman–Crippen LogP) is 5.09. The van der Waals surface area contributed by atoms with Gasteiger partial charge in [-0.05, 0) is 51.0 Å². The lowest BCUT2D eigenvalue weighted by atomic mass is 9.99. The minimum Gasteiger partial charge on any atom is -0.462 e. The van der Waals surface area contributed by atoms with Crippen LogP contribution < -0.4 is 16.1 Å². The molecule has 10 heteroatoms. The largest absolute Gasteiger partial charge is 0.462 e. The molecule has 2 amide bonds. The number of urea groups is 1. The van der Waals surface area contributed by atoms with Crippen LogP contribution in [0.1, 0.15) is 43.7 Å². The minimum atomic E-state index is -0.639. The molecule has 3 heterocycles. The van der Waals surface area contributed by atoms with E-state index in [1.54, 1.807) is 31.5 Å². The SMILES string of the molecule is CCNC(=O)Nc1cc(-c2nc(CC)cs2)c(-c2ccc3c(c2)c(=O)c(C(=O)OCC)cn3CC)cn1. The van der Waals surface area contributed by atoms with Crippen molar-refractivity contribution in [1.29, 1.82) is 0 Å². The Morgan fingerprint density at radius 2 is 1.92 bits per heavy atom. The van der Waals surface area contributed by atoms with E-state index in [1.807, 2.05) is 42.9 Å². The third kappa shape index (κ3) is 5.39. The van der Waals surface area contributed by atoms with Crippen LogP contribution in [0.15, 0.2) is 46.8 Å². The van der Waals surface area contributed by atoms with Crippen molar-refractivity contribution in [3.05, 3.63) is 63.5 Å². The number of amides is 2. The smallest absolute Gasteiger partial charge is 0.343 e. The number of rotatable bonds is 8. The van der Waals surface area contributed by atoms with Crippen LogP contribution in [0, 0.1) is 0 Å². The van der Waals surface area contributed by atoms with E-state index in [0.717, 1.165) is 39.3 Å². The second-order valence-corrected chi connectivity index (χ2v) is 9.07. The van der Waals surface area contributed by atoms with Crippen LogP contribution in [0.25, 0.3) is 32.6 Å². The first-order valence-corrected chi connectivity index (χ1v) is 13.1. The summed E-state index contributed by atoms with van der Waals surface area (Å²) >= 11 is 1.50. The Kier molecular flexibility index (Phi) is 7.98. The van der Waals surface area contributed by atoms with Crippen molar-refractivity contribution in [3.8, 4) is 21.7 Å². The molecule has 4 rings (SSSR count). The lowest BCUT2D eigenvalue weighted by molar-refractivity contribution is 0.0524. The molecule has 192 valence electrons. The molecule has 37 heavy (non-hydrogen) atoms. The Labute approximate surface area is 218 Å². The van der Waals surface area contributed by atoms with Gasteiger partial charge in [0.05, 0.1) is 17.8 Å². The van der Waals surface area contributed by atoms with Crippen LogP contribution in [0.2, 0.25) is 0 Å². The van der Waals surface area contributed by atoms with E-state index in [2.05, 4.69) is 15.6 Å². The average molecular weight is 520 g/mol. The number of carbonyl (C=O) groups excluding carboxylic acids is 2. The molecule has 0 bridgehead atoms. The molecule has 0 unspecified atom stereocenters. The Hall–Kier alpha value is -4.05. The molecule has 0 saturated heterocycles. The molecule has 0 spiro atoms. The molecule has 4 aromatic rings. The Morgan fingerprint density at radius 3 is 2.59 bits per heavy atom. The van der Waals surface area contributed by atoms with Crippen LogP contribution >= 0.6 is 11.3 Å². The maximum absolute atomic E-state index is 13.3. The second kappa shape index (κ2) is 11.3. The summed E-state index contributed by atoms with van der Waals surface area (Å²) < 4.78 is 6.98. The summed E-state index contributed by atoms with van der Waals surface area (Å²) in [6.07, 6.45) is 4.02. The number of hydrogen-bond donors (Lipinski definition) is 2. The quantitative estimate of drug-likeness (QED) is 0.314. The molecule has 0 radical (unpaired) electrons. The molecule has 9 nitrogen and oxygen atoms in total. The van der Waals surface area contributed by atoms with Gasteiger partial charge in [0, 0.05) is 47.4 Å². The molecular formula is C27H29N5O4S. The van der Waals surface area contributed by atoms with E-state index in [0.29, 0.717) is 24.3 Å². The zero-order chi connectivity index (χ0) is 26.5. The number of nitrogens with zero attached hydrogens (tertiary/aromatic N) is 3. The summed E-state index contributed by atoms with van der Waals surface area (Å²) in [6.45, 7) is 8.78. The van der Waals surface area contributed by atoms with E-state index >= 15 is 0 Å². The van der Waals surface area contributed by atoms with Gasteiger partial charge in [-0.1, -0.05) is 13.0 Å². The number of benzene rings is 1. The average Bonchev–Trinajstić information content (AvgIpc) is 3.38. The van der Waals surface area contributed by atoms with E-state index in [1.165, 1.54) is 11.3 Å². The molecule has 0 aliphatic heterocycles. The molecule has 0 aliphatic carbocycles. The Bertz CT molecular complexity index is 1530. The lowest BCUT2D eigenvalue weighted by Crippen LogP contribution is -2.28. The van der Waals surface area contributed by atoms with Crippen LogP contribution in [0.3, 0.4) is 0 Å². The van der Waals surface area contributed by atoms with Gasteiger partial charge in [0.25, 0.3) is 0 Å². The number of thiazole rings is 1. The van der Waals surface area contributed by atoms with Gasteiger partial charge in [-0.25, -0.2) is 19.6 Å². The molecule has 1 aromatic carbocycles. The van der Waals surface area contributed by atoms with E-state index < -0.39 is 5.97 Å². The fourth-order valence-electron chi connectivity index (χ4n) is 4.03. The number of hydrogen-bond acceptors (Lipinski definition) is 7. The monoisotopic (exact) mass is 519 g/mol. The van der Waals surface area contributed by atoms with Crippen molar-refractivity contribution in [1.82, 2.24) is 19.9 Å². The van der Waals surface area contributed by atoms with Gasteiger partial charge < -0.3 is 14.6 Å². The van der Waals surface area contributed by atoms with E-state index in [4.69, 9.17) is 9.72 Å². The molecule has 0 saturated carbocycles. The predicted molar refractivity (Wildman–Crippen MR) is 146 cm³/mol. The molecule has 0 atom stereocenters. The number of anilines is 1. The third-order valence-corrected chi connectivity index (χ3v) is 6.78. The summed E-state index contributed by atoms with van der Waals surface area (Å²) in [4.78, 5) is 47.1. The zero-order valence-corrected chi connectivity index (χ0v) is 22.1. The van der Waals surface area contributed by atoms with Crippen LogP contribution in [0.4, 0.5) is 10.6 Å². The number of aromatic nitrogens is 3. The fraction of sp³-hybridized carbons (Fsp3) is 0.296. The van der Waals surface area contributed by atoms with Crippen LogP contribution in [-0.2, 0) is 17.7 Å². The van der Waals surface area contributed by atoms with Gasteiger partial charge in [-0.15, -0.1) is 11.3 Å². The van der Waals surface area contributed by atoms with Crippen molar-refractivity contribution in [2.24, 2.45) is 0 Å². The summed E-state index contributed by atoms with van der Waals surface area (Å²) in [5, 5.41) is 8.64. The Balaban J connectivity index is 1.90. The van der Waals surface area contributed by atoms with Gasteiger partial charge in [0.2, 0.25) is 5.43 Å². The number of carbonyl (C=O) groups is 2. The van der Waals surface area contributed by atoms with Crippen molar-refractivity contribution < 1.29 is 14.3 Å². The summed E-state index contributed by atoms with van der Waals surface area (Å²) in [5.74, 6) is -0.253. The van der Waals surface area contributed by atoms with Gasteiger partial charge >= 0.3 is 12.0 Å². The number of fused-ring (bicyclic) bond motifs is 1. The summed E-state index contributed by atoms with van der Waals surface area (Å²) in [7, 11) is 0. The van der Waals surface area contributed by atoms with E-state index in [9.17, 15) is 14.4 Å². The number of pyridine rings is 2. The highest BCUT2D eigenvalue weighted by molar-refractivity contribution is 7.13. The molecule has 2 N–H and O–H groups in total. The standard InChI is InChI=1S/C27H29N5O4S/c1-5-17-15-37-25(30-17)18-12-23(31-27(35)28-6-2)29-13-20(18)16-9-10-22-19(11-16)24(33)21(14-32(22)7-3)26(34)36-8-4/h9-15H,5-8H2,1-4H3,(H2,28,29,31,35). The second-order valence-electron chi connectivity index (χ2n) is 8.21. The van der Waals surface area contributed by atoms with Crippen molar-refractivity contribution in [2.75, 3.05) is 18.5 Å². The first-order valence-electron chi connectivity index (χ1n) is 12.2. The maximum atomic E-state index is 13.3. The number of ether oxygens (including phenoxy) is 1. The highest BCUT2D eigenvalue weighted by Gasteiger charge is 2.19. The van der Waals surface area contributed by atoms with Crippen molar-refractivity contribution in [3.63, 3.8) is 0 Å². The Morgan fingerprint density at radius 1 is 1.11 bits per heavy atom. The third-order valence-electron chi connectivity index (χ3n) is 5.85. The normalized spacial score (nSPS) is 10.9. The van der Waals surface area contributed by atoms with E-state index in [-0.39, 0.29) is 23.6 Å². The highest BCUT2D eigenvalue weighted by Crippen LogP contribution is 2.36. The van der Waals surface area contributed by atoms with Gasteiger partial charge in [0.1, 0.15) is 16.4 Å². The number of aryl methyl sites for hydroxylation is 2. The maximum Gasteiger partial charge on any atom is 0.343 e. The fourth-order valence-corrected chi connectivity index (χ4v) is 4.96. The molecule has 3 aromatic heterocycles. The lowest BCUT2D eigenvalue weighted by Gasteiger charge is -2.14. The van der Waals surface area contributed by atoms with Crippen molar-refractivity contribution >= 4 is 40.1 Å². The highest BCUT2D eigenvalue weighted by atomic mass is 32.1. The van der Waals surface area contributed by atoms with Crippen LogP contribution in [-0.4, -0.2) is 39.7 Å².